The summed E-state index contributed by atoms with van der Waals surface area (Å²) in [5.41, 5.74) is 0.266. The van der Waals surface area contributed by atoms with Crippen molar-refractivity contribution in [3.05, 3.63) is 29.8 Å². The first-order valence-electron chi connectivity index (χ1n) is 6.21. The molecule has 0 aromatic heterocycles. The first-order valence-corrected chi connectivity index (χ1v) is 6.21. The van der Waals surface area contributed by atoms with Crippen LogP contribution in [0.4, 0.5) is 0 Å². The third-order valence-corrected chi connectivity index (χ3v) is 2.64. The Labute approximate surface area is 108 Å². The lowest BCUT2D eigenvalue weighted by molar-refractivity contribution is 0.0554. The highest BCUT2D eigenvalue weighted by molar-refractivity contribution is 5.87. The van der Waals surface area contributed by atoms with Crippen molar-refractivity contribution in [3.63, 3.8) is 0 Å². The SMILES string of the molecule is CCC(C)OCCCOc1ccc(C(=O)O)cc1. The summed E-state index contributed by atoms with van der Waals surface area (Å²) >= 11 is 0. The van der Waals surface area contributed by atoms with Crippen LogP contribution in [-0.2, 0) is 4.74 Å². The van der Waals surface area contributed by atoms with Crippen LogP contribution in [0.5, 0.6) is 5.75 Å². The molecular formula is C14H20O4. The smallest absolute Gasteiger partial charge is 0.335 e. The van der Waals surface area contributed by atoms with Crippen LogP contribution in [0.25, 0.3) is 0 Å². The molecule has 0 saturated carbocycles. The fraction of sp³-hybridized carbons (Fsp3) is 0.500. The molecule has 1 rings (SSSR count). The van der Waals surface area contributed by atoms with Gasteiger partial charge in [0.1, 0.15) is 5.75 Å². The molecule has 0 fully saturated rings. The molecule has 0 amide bonds. The number of carboxylic acids is 1. The zero-order valence-electron chi connectivity index (χ0n) is 10.9. The van der Waals surface area contributed by atoms with Crippen LogP contribution in [0.15, 0.2) is 24.3 Å². The maximum absolute atomic E-state index is 10.6. The number of hydrogen-bond donors (Lipinski definition) is 1. The van der Waals surface area contributed by atoms with E-state index in [4.69, 9.17) is 14.6 Å². The van der Waals surface area contributed by atoms with Gasteiger partial charge in [-0.15, -0.1) is 0 Å². The minimum absolute atomic E-state index is 0.266. The molecule has 0 aliphatic carbocycles. The quantitative estimate of drug-likeness (QED) is 0.723. The normalized spacial score (nSPS) is 12.1. The molecule has 0 heterocycles. The van der Waals surface area contributed by atoms with Crippen molar-refractivity contribution in [1.82, 2.24) is 0 Å². The van der Waals surface area contributed by atoms with Gasteiger partial charge in [0.15, 0.2) is 0 Å². The Kier molecular flexibility index (Phi) is 6.22. The van der Waals surface area contributed by atoms with Crippen LogP contribution in [0.3, 0.4) is 0 Å². The van der Waals surface area contributed by atoms with E-state index in [-0.39, 0.29) is 5.56 Å². The molecule has 0 saturated heterocycles. The number of hydrogen-bond acceptors (Lipinski definition) is 3. The van der Waals surface area contributed by atoms with Crippen molar-refractivity contribution in [2.45, 2.75) is 32.8 Å². The van der Waals surface area contributed by atoms with Crippen LogP contribution >= 0.6 is 0 Å². The summed E-state index contributed by atoms with van der Waals surface area (Å²) < 4.78 is 11.0. The van der Waals surface area contributed by atoms with Crippen molar-refractivity contribution in [2.75, 3.05) is 13.2 Å². The lowest BCUT2D eigenvalue weighted by Crippen LogP contribution is -2.10. The molecule has 1 N–H and O–H groups in total. The Morgan fingerprint density at radius 3 is 2.50 bits per heavy atom. The van der Waals surface area contributed by atoms with Crippen molar-refractivity contribution >= 4 is 5.97 Å². The molecule has 1 atom stereocenters. The van der Waals surface area contributed by atoms with Gasteiger partial charge in [-0.3, -0.25) is 0 Å². The van der Waals surface area contributed by atoms with Gasteiger partial charge in [0.05, 0.1) is 24.9 Å². The van der Waals surface area contributed by atoms with Gasteiger partial charge in [-0.25, -0.2) is 4.79 Å². The number of carboxylic acid groups (broad SMARTS) is 1. The third kappa shape index (κ3) is 5.19. The van der Waals surface area contributed by atoms with E-state index >= 15 is 0 Å². The van der Waals surface area contributed by atoms with E-state index in [2.05, 4.69) is 6.92 Å². The van der Waals surface area contributed by atoms with Gasteiger partial charge in [0.2, 0.25) is 0 Å². The van der Waals surface area contributed by atoms with Crippen molar-refractivity contribution in [3.8, 4) is 5.75 Å². The number of rotatable bonds is 8. The summed E-state index contributed by atoms with van der Waals surface area (Å²) in [5, 5.41) is 8.74. The summed E-state index contributed by atoms with van der Waals surface area (Å²) in [6.07, 6.45) is 2.13. The first-order chi connectivity index (χ1) is 8.63. The van der Waals surface area contributed by atoms with Crippen LogP contribution in [0.2, 0.25) is 0 Å². The Bertz CT molecular complexity index is 359. The molecule has 1 aromatic rings. The van der Waals surface area contributed by atoms with Crippen LogP contribution in [0, 0.1) is 0 Å². The van der Waals surface area contributed by atoms with Crippen molar-refractivity contribution in [2.24, 2.45) is 0 Å². The molecule has 4 heteroatoms. The molecule has 0 aliphatic heterocycles. The van der Waals surface area contributed by atoms with Gasteiger partial charge in [0, 0.05) is 6.42 Å². The Balaban J connectivity index is 2.21. The van der Waals surface area contributed by atoms with E-state index in [0.29, 0.717) is 25.1 Å². The highest BCUT2D eigenvalue weighted by atomic mass is 16.5. The zero-order chi connectivity index (χ0) is 13.4. The molecule has 18 heavy (non-hydrogen) atoms. The molecule has 0 spiro atoms. The Morgan fingerprint density at radius 2 is 1.94 bits per heavy atom. The molecule has 0 bridgehead atoms. The zero-order valence-corrected chi connectivity index (χ0v) is 10.9. The summed E-state index contributed by atoms with van der Waals surface area (Å²) in [6, 6.07) is 6.40. The first kappa shape index (κ1) is 14.5. The minimum Gasteiger partial charge on any atom is -0.494 e. The number of ether oxygens (including phenoxy) is 2. The van der Waals surface area contributed by atoms with Crippen LogP contribution in [-0.4, -0.2) is 30.4 Å². The standard InChI is InChI=1S/C14H20O4/c1-3-11(2)17-9-4-10-18-13-7-5-12(6-8-13)14(15)16/h5-8,11H,3-4,9-10H2,1-2H3,(H,15,16). The largest absolute Gasteiger partial charge is 0.494 e. The van der Waals surface area contributed by atoms with E-state index < -0.39 is 5.97 Å². The lowest BCUT2D eigenvalue weighted by atomic mass is 10.2. The molecule has 1 unspecified atom stereocenters. The van der Waals surface area contributed by atoms with Gasteiger partial charge >= 0.3 is 5.97 Å². The maximum Gasteiger partial charge on any atom is 0.335 e. The highest BCUT2D eigenvalue weighted by Crippen LogP contribution is 2.12. The Morgan fingerprint density at radius 1 is 1.28 bits per heavy atom. The predicted molar refractivity (Wildman–Crippen MR) is 69.2 cm³/mol. The third-order valence-electron chi connectivity index (χ3n) is 2.64. The summed E-state index contributed by atoms with van der Waals surface area (Å²) in [6.45, 7) is 5.39. The van der Waals surface area contributed by atoms with Crippen LogP contribution in [0.1, 0.15) is 37.0 Å². The summed E-state index contributed by atoms with van der Waals surface area (Å²) in [7, 11) is 0. The van der Waals surface area contributed by atoms with Gasteiger partial charge in [-0.2, -0.15) is 0 Å². The van der Waals surface area contributed by atoms with Gasteiger partial charge in [-0.05, 0) is 37.6 Å². The molecule has 4 nitrogen and oxygen atoms in total. The van der Waals surface area contributed by atoms with Crippen LogP contribution < -0.4 is 4.74 Å². The monoisotopic (exact) mass is 252 g/mol. The van der Waals surface area contributed by atoms with E-state index in [1.807, 2.05) is 6.92 Å². The average molecular weight is 252 g/mol. The van der Waals surface area contributed by atoms with Crippen molar-refractivity contribution in [1.29, 1.82) is 0 Å². The number of benzene rings is 1. The van der Waals surface area contributed by atoms with Crippen molar-refractivity contribution < 1.29 is 19.4 Å². The second-order valence-electron chi connectivity index (χ2n) is 4.12. The van der Waals surface area contributed by atoms with Gasteiger partial charge in [-0.1, -0.05) is 6.92 Å². The fourth-order valence-corrected chi connectivity index (χ4v) is 1.35. The molecule has 1 aromatic carbocycles. The molecular weight excluding hydrogens is 232 g/mol. The topological polar surface area (TPSA) is 55.8 Å². The molecule has 0 radical (unpaired) electrons. The maximum atomic E-state index is 10.6. The summed E-state index contributed by atoms with van der Waals surface area (Å²) in [5.74, 6) is -0.243. The van der Waals surface area contributed by atoms with E-state index in [9.17, 15) is 4.79 Å². The predicted octanol–water partition coefficient (Wildman–Crippen LogP) is 2.97. The Hall–Kier alpha value is -1.55. The number of aromatic carboxylic acids is 1. The van der Waals surface area contributed by atoms with E-state index in [1.54, 1.807) is 12.1 Å². The molecule has 0 aliphatic rings. The van der Waals surface area contributed by atoms with E-state index in [0.717, 1.165) is 12.8 Å². The van der Waals surface area contributed by atoms with E-state index in [1.165, 1.54) is 12.1 Å². The second kappa shape index (κ2) is 7.71. The minimum atomic E-state index is -0.927. The average Bonchev–Trinajstić information content (AvgIpc) is 2.38. The summed E-state index contributed by atoms with van der Waals surface area (Å²) in [4.78, 5) is 10.6. The van der Waals surface area contributed by atoms with Gasteiger partial charge < -0.3 is 14.6 Å². The lowest BCUT2D eigenvalue weighted by Gasteiger charge is -2.11. The fourth-order valence-electron chi connectivity index (χ4n) is 1.35. The molecule has 100 valence electrons. The van der Waals surface area contributed by atoms with Gasteiger partial charge in [0.25, 0.3) is 0 Å². The second-order valence-corrected chi connectivity index (χ2v) is 4.12. The number of carbonyl (C=O) groups is 1. The highest BCUT2D eigenvalue weighted by Gasteiger charge is 2.02.